The standard InChI is InChI=1S/C32H31N3O4S/c1-17-30(40-18(2)33-17)25-13-11-20-14-23(24(32(37)39-4)16-26(20)34-25)29-28(19-8-6-5-7-9-19)22-12-10-21(31(36)38-3)15-27(22)35-29/h10-16,19,35H,5-9H2,1-4H3. The first kappa shape index (κ1) is 26.2. The average molecular weight is 554 g/mol. The van der Waals surface area contributed by atoms with Crippen molar-refractivity contribution in [2.24, 2.45) is 0 Å². The number of benzene rings is 2. The van der Waals surface area contributed by atoms with Gasteiger partial charge in [0.1, 0.15) is 0 Å². The van der Waals surface area contributed by atoms with Crippen molar-refractivity contribution in [2.75, 3.05) is 14.2 Å². The van der Waals surface area contributed by atoms with Crippen molar-refractivity contribution in [3.05, 3.63) is 69.9 Å². The van der Waals surface area contributed by atoms with Gasteiger partial charge in [-0.2, -0.15) is 0 Å². The highest BCUT2D eigenvalue weighted by molar-refractivity contribution is 7.15. The number of H-pyrrole nitrogens is 1. The largest absolute Gasteiger partial charge is 0.465 e. The minimum atomic E-state index is -0.419. The van der Waals surface area contributed by atoms with Crippen LogP contribution in [-0.2, 0) is 9.47 Å². The molecule has 1 saturated carbocycles. The molecule has 0 amide bonds. The molecule has 5 aromatic rings. The Morgan fingerprint density at radius 2 is 1.70 bits per heavy atom. The lowest BCUT2D eigenvalue weighted by molar-refractivity contribution is 0.0592. The third kappa shape index (κ3) is 4.56. The van der Waals surface area contributed by atoms with Gasteiger partial charge in [0.2, 0.25) is 0 Å². The second kappa shape index (κ2) is 10.5. The smallest absolute Gasteiger partial charge is 0.338 e. The van der Waals surface area contributed by atoms with Crippen LogP contribution >= 0.6 is 11.3 Å². The molecule has 0 aliphatic heterocycles. The Bertz CT molecular complexity index is 1780. The fourth-order valence-electron chi connectivity index (χ4n) is 6.04. The van der Waals surface area contributed by atoms with E-state index in [1.54, 1.807) is 11.3 Å². The molecule has 8 heteroatoms. The minimum absolute atomic E-state index is 0.348. The molecule has 0 bridgehead atoms. The molecule has 1 N–H and O–H groups in total. The van der Waals surface area contributed by atoms with Gasteiger partial charge in [-0.05, 0) is 68.5 Å². The molecular formula is C32H31N3O4S. The van der Waals surface area contributed by atoms with Gasteiger partial charge in [-0.25, -0.2) is 19.6 Å². The van der Waals surface area contributed by atoms with Crippen molar-refractivity contribution in [3.8, 4) is 21.8 Å². The Kier molecular flexibility index (Phi) is 6.88. The molecule has 0 unspecified atom stereocenters. The number of esters is 2. The summed E-state index contributed by atoms with van der Waals surface area (Å²) in [6, 6.07) is 13.6. The maximum Gasteiger partial charge on any atom is 0.338 e. The zero-order valence-electron chi connectivity index (χ0n) is 23.1. The van der Waals surface area contributed by atoms with E-state index in [1.807, 2.05) is 50.2 Å². The zero-order chi connectivity index (χ0) is 28.0. The van der Waals surface area contributed by atoms with E-state index in [4.69, 9.17) is 14.5 Å². The Balaban J connectivity index is 1.58. The number of nitrogens with one attached hydrogen (secondary N) is 1. The molecule has 6 rings (SSSR count). The molecule has 3 heterocycles. The van der Waals surface area contributed by atoms with Crippen molar-refractivity contribution >= 4 is 45.1 Å². The summed E-state index contributed by atoms with van der Waals surface area (Å²) < 4.78 is 10.2. The molecule has 40 heavy (non-hydrogen) atoms. The van der Waals surface area contributed by atoms with E-state index >= 15 is 0 Å². The number of carbonyl (C=O) groups is 2. The first-order chi connectivity index (χ1) is 19.4. The quantitative estimate of drug-likeness (QED) is 0.224. The van der Waals surface area contributed by atoms with E-state index < -0.39 is 5.97 Å². The number of thiazole rings is 1. The fourth-order valence-corrected chi connectivity index (χ4v) is 6.93. The zero-order valence-corrected chi connectivity index (χ0v) is 23.9. The van der Waals surface area contributed by atoms with Crippen molar-refractivity contribution in [3.63, 3.8) is 0 Å². The van der Waals surface area contributed by atoms with Gasteiger partial charge in [0.25, 0.3) is 0 Å². The van der Waals surface area contributed by atoms with E-state index in [0.717, 1.165) is 67.2 Å². The van der Waals surface area contributed by atoms with Gasteiger partial charge < -0.3 is 14.5 Å². The molecule has 0 spiro atoms. The third-order valence-electron chi connectivity index (χ3n) is 7.91. The van der Waals surface area contributed by atoms with Crippen molar-refractivity contribution in [1.82, 2.24) is 15.0 Å². The van der Waals surface area contributed by atoms with Crippen molar-refractivity contribution in [1.29, 1.82) is 0 Å². The van der Waals surface area contributed by atoms with E-state index in [-0.39, 0.29) is 5.97 Å². The summed E-state index contributed by atoms with van der Waals surface area (Å²) in [5.41, 5.74) is 7.14. The summed E-state index contributed by atoms with van der Waals surface area (Å²) in [4.78, 5) is 39.6. The van der Waals surface area contributed by atoms with Crippen LogP contribution in [0.15, 0.2) is 42.5 Å². The number of hydrogen-bond acceptors (Lipinski definition) is 7. The molecule has 204 valence electrons. The third-order valence-corrected chi connectivity index (χ3v) is 9.01. The topological polar surface area (TPSA) is 94.2 Å². The van der Waals surface area contributed by atoms with Crippen LogP contribution in [0, 0.1) is 13.8 Å². The predicted octanol–water partition coefficient (Wildman–Crippen LogP) is 7.74. The van der Waals surface area contributed by atoms with E-state index in [9.17, 15) is 9.59 Å². The van der Waals surface area contributed by atoms with Crippen LogP contribution in [0.2, 0.25) is 0 Å². The number of pyridine rings is 1. The summed E-state index contributed by atoms with van der Waals surface area (Å²) in [5.74, 6) is -0.454. The van der Waals surface area contributed by atoms with E-state index in [2.05, 4.69) is 16.0 Å². The van der Waals surface area contributed by atoms with E-state index in [0.29, 0.717) is 17.0 Å². The lowest BCUT2D eigenvalue weighted by atomic mass is 9.81. The number of aryl methyl sites for hydroxylation is 2. The molecule has 1 aliphatic carbocycles. The highest BCUT2D eigenvalue weighted by atomic mass is 32.1. The van der Waals surface area contributed by atoms with Crippen LogP contribution in [0.4, 0.5) is 0 Å². The van der Waals surface area contributed by atoms with Gasteiger partial charge in [0, 0.05) is 21.9 Å². The normalized spacial score (nSPS) is 14.1. The van der Waals surface area contributed by atoms with Crippen LogP contribution in [0.5, 0.6) is 0 Å². The molecule has 2 aromatic carbocycles. The Morgan fingerprint density at radius 3 is 2.40 bits per heavy atom. The Hall–Kier alpha value is -4.04. The molecular weight excluding hydrogens is 522 g/mol. The summed E-state index contributed by atoms with van der Waals surface area (Å²) in [5, 5.41) is 2.98. The maximum atomic E-state index is 13.2. The van der Waals surface area contributed by atoms with E-state index in [1.165, 1.54) is 39.0 Å². The fraction of sp³-hybridized carbons (Fsp3) is 0.312. The highest BCUT2D eigenvalue weighted by Gasteiger charge is 2.27. The average Bonchev–Trinajstić information content (AvgIpc) is 3.54. The number of methoxy groups -OCH3 is 2. The van der Waals surface area contributed by atoms with Crippen LogP contribution in [0.1, 0.15) is 75.0 Å². The molecule has 1 aliphatic rings. The number of rotatable bonds is 5. The summed E-state index contributed by atoms with van der Waals surface area (Å²) in [6.07, 6.45) is 5.73. The van der Waals surface area contributed by atoms with Gasteiger partial charge in [-0.1, -0.05) is 31.4 Å². The molecule has 0 atom stereocenters. The van der Waals surface area contributed by atoms with Gasteiger partial charge in [-0.15, -0.1) is 11.3 Å². The van der Waals surface area contributed by atoms with Gasteiger partial charge in [0.05, 0.1) is 57.8 Å². The predicted molar refractivity (Wildman–Crippen MR) is 158 cm³/mol. The van der Waals surface area contributed by atoms with Crippen molar-refractivity contribution in [2.45, 2.75) is 51.9 Å². The summed E-state index contributed by atoms with van der Waals surface area (Å²) in [7, 11) is 2.79. The summed E-state index contributed by atoms with van der Waals surface area (Å²) in [6.45, 7) is 3.98. The number of ether oxygens (including phenoxy) is 2. The second-order valence-corrected chi connectivity index (χ2v) is 11.6. The van der Waals surface area contributed by atoms with Gasteiger partial charge in [0.15, 0.2) is 0 Å². The van der Waals surface area contributed by atoms with Crippen LogP contribution in [0.3, 0.4) is 0 Å². The number of hydrogen-bond donors (Lipinski definition) is 1. The SMILES string of the molecule is COC(=O)c1ccc2c(C3CCCCC3)c(-c3cc4ccc(-c5sc(C)nc5C)nc4cc3C(=O)OC)[nH]c2c1. The lowest BCUT2D eigenvalue weighted by Crippen LogP contribution is -2.08. The molecule has 0 saturated heterocycles. The highest BCUT2D eigenvalue weighted by Crippen LogP contribution is 2.44. The number of aromatic nitrogens is 3. The monoisotopic (exact) mass is 553 g/mol. The first-order valence-electron chi connectivity index (χ1n) is 13.6. The summed E-state index contributed by atoms with van der Waals surface area (Å²) >= 11 is 1.61. The number of carbonyl (C=O) groups excluding carboxylic acids is 2. The minimum Gasteiger partial charge on any atom is -0.465 e. The molecule has 3 aromatic heterocycles. The van der Waals surface area contributed by atoms with Crippen LogP contribution < -0.4 is 0 Å². The molecule has 0 radical (unpaired) electrons. The Morgan fingerprint density at radius 1 is 0.925 bits per heavy atom. The number of fused-ring (bicyclic) bond motifs is 2. The second-order valence-electron chi connectivity index (χ2n) is 10.4. The van der Waals surface area contributed by atoms with Crippen LogP contribution in [0.25, 0.3) is 43.6 Å². The Labute approximate surface area is 236 Å². The van der Waals surface area contributed by atoms with Gasteiger partial charge in [-0.3, -0.25) is 0 Å². The first-order valence-corrected chi connectivity index (χ1v) is 14.4. The number of nitrogens with zero attached hydrogens (tertiary/aromatic N) is 2. The van der Waals surface area contributed by atoms with Crippen molar-refractivity contribution < 1.29 is 19.1 Å². The molecule has 1 fully saturated rings. The number of aromatic amines is 1. The van der Waals surface area contributed by atoms with Crippen LogP contribution in [-0.4, -0.2) is 41.1 Å². The lowest BCUT2D eigenvalue weighted by Gasteiger charge is -2.23. The van der Waals surface area contributed by atoms with Gasteiger partial charge >= 0.3 is 11.9 Å². The molecule has 7 nitrogen and oxygen atoms in total. The maximum absolute atomic E-state index is 13.2.